The van der Waals surface area contributed by atoms with Gasteiger partial charge in [0, 0.05) is 52.5 Å². The number of nitrogens with zero attached hydrogens (tertiary/aromatic N) is 1. The lowest BCUT2D eigenvalue weighted by molar-refractivity contribution is 0.669. The molecule has 0 bridgehead atoms. The number of aromatic nitrogens is 1. The second-order valence-electron chi connectivity index (χ2n) is 12.0. The van der Waals surface area contributed by atoms with Crippen molar-refractivity contribution >= 4 is 107 Å². The van der Waals surface area contributed by atoms with Crippen LogP contribution in [0.25, 0.3) is 101 Å². The van der Waals surface area contributed by atoms with Gasteiger partial charge in [-0.15, -0.1) is 22.7 Å². The summed E-state index contributed by atoms with van der Waals surface area (Å²) in [5.41, 5.74) is 8.01. The number of benzene rings is 7. The Morgan fingerprint density at radius 3 is 1.96 bits per heavy atom. The van der Waals surface area contributed by atoms with Crippen molar-refractivity contribution in [3.05, 3.63) is 140 Å². The average molecular weight is 622 g/mol. The van der Waals surface area contributed by atoms with E-state index in [2.05, 4.69) is 138 Å². The lowest BCUT2D eigenvalue weighted by atomic mass is 9.98. The van der Waals surface area contributed by atoms with Crippen molar-refractivity contribution in [3.8, 4) is 16.8 Å². The fourth-order valence-corrected chi connectivity index (χ4v) is 10.2. The van der Waals surface area contributed by atoms with E-state index in [4.69, 9.17) is 4.42 Å². The van der Waals surface area contributed by atoms with Crippen LogP contribution in [0.15, 0.2) is 144 Å². The number of thiophene rings is 2. The van der Waals surface area contributed by atoms with E-state index in [1.165, 1.54) is 84.4 Å². The Hall–Kier alpha value is -5.42. The molecule has 7 aromatic carbocycles. The van der Waals surface area contributed by atoms with Gasteiger partial charge >= 0.3 is 0 Å². The molecule has 0 unspecified atom stereocenters. The molecule has 0 aliphatic carbocycles. The zero-order valence-electron chi connectivity index (χ0n) is 24.5. The molecule has 214 valence electrons. The van der Waals surface area contributed by atoms with Gasteiger partial charge in [-0.1, -0.05) is 91.0 Å². The standard InChI is InChI=1S/C42H23NOS2/c1-4-13-32-26(9-1)27-10-2-5-14-33(27)43(32)34-15-8-18-38-40(34)30-21-20-28-31-23-24(19-22-37(31)45-41(28)42(30)46-38)25-12-7-17-36-39(25)29-11-3-6-16-35(29)44-36/h1-23H. The Bertz CT molecular complexity index is 2990. The van der Waals surface area contributed by atoms with Crippen LogP contribution in [0.1, 0.15) is 0 Å². The van der Waals surface area contributed by atoms with Gasteiger partial charge in [-0.05, 0) is 59.7 Å². The molecule has 2 nitrogen and oxygen atoms in total. The van der Waals surface area contributed by atoms with Gasteiger partial charge in [-0.2, -0.15) is 0 Å². The van der Waals surface area contributed by atoms with Crippen molar-refractivity contribution in [2.24, 2.45) is 0 Å². The topological polar surface area (TPSA) is 18.1 Å². The lowest BCUT2D eigenvalue weighted by Crippen LogP contribution is -1.94. The molecule has 4 heteroatoms. The van der Waals surface area contributed by atoms with Crippen molar-refractivity contribution in [2.45, 2.75) is 0 Å². The predicted molar refractivity (Wildman–Crippen MR) is 199 cm³/mol. The molecule has 11 aromatic rings. The summed E-state index contributed by atoms with van der Waals surface area (Å²) >= 11 is 3.83. The van der Waals surface area contributed by atoms with Gasteiger partial charge in [0.1, 0.15) is 11.2 Å². The largest absolute Gasteiger partial charge is 0.456 e. The first-order valence-electron chi connectivity index (χ1n) is 15.5. The molecular weight excluding hydrogens is 599 g/mol. The van der Waals surface area contributed by atoms with E-state index in [1.807, 2.05) is 28.7 Å². The van der Waals surface area contributed by atoms with Crippen LogP contribution < -0.4 is 0 Å². The Morgan fingerprint density at radius 2 is 1.11 bits per heavy atom. The fraction of sp³-hybridized carbons (Fsp3) is 0. The van der Waals surface area contributed by atoms with Crippen LogP contribution in [0.2, 0.25) is 0 Å². The van der Waals surface area contributed by atoms with Crippen molar-refractivity contribution in [3.63, 3.8) is 0 Å². The molecule has 0 N–H and O–H groups in total. The summed E-state index contributed by atoms with van der Waals surface area (Å²) in [6, 6.07) is 50.7. The van der Waals surface area contributed by atoms with Crippen molar-refractivity contribution in [1.82, 2.24) is 4.57 Å². The maximum absolute atomic E-state index is 6.22. The van der Waals surface area contributed by atoms with E-state index in [0.717, 1.165) is 16.6 Å². The third-order valence-electron chi connectivity index (χ3n) is 9.61. The Kier molecular flexibility index (Phi) is 4.90. The minimum atomic E-state index is 0.930. The first-order chi connectivity index (χ1) is 22.8. The van der Waals surface area contributed by atoms with Crippen LogP contribution in [0.4, 0.5) is 0 Å². The second kappa shape index (κ2) is 9.07. The van der Waals surface area contributed by atoms with E-state index < -0.39 is 0 Å². The van der Waals surface area contributed by atoms with E-state index in [9.17, 15) is 0 Å². The van der Waals surface area contributed by atoms with Crippen LogP contribution in [-0.2, 0) is 0 Å². The molecule has 0 atom stereocenters. The number of rotatable bonds is 2. The second-order valence-corrected chi connectivity index (χ2v) is 14.1. The van der Waals surface area contributed by atoms with Crippen molar-refractivity contribution in [2.75, 3.05) is 0 Å². The molecule has 4 heterocycles. The number of furan rings is 1. The summed E-state index contributed by atoms with van der Waals surface area (Å²) in [5.74, 6) is 0. The van der Waals surface area contributed by atoms with Gasteiger partial charge in [-0.3, -0.25) is 0 Å². The van der Waals surface area contributed by atoms with Crippen LogP contribution in [-0.4, -0.2) is 4.57 Å². The van der Waals surface area contributed by atoms with Gasteiger partial charge in [-0.25, -0.2) is 0 Å². The highest BCUT2D eigenvalue weighted by molar-refractivity contribution is 7.33. The Labute approximate surface area is 270 Å². The third-order valence-corrected chi connectivity index (χ3v) is 12.1. The van der Waals surface area contributed by atoms with Crippen LogP contribution >= 0.6 is 22.7 Å². The molecule has 0 aliphatic heterocycles. The molecule has 0 amide bonds. The van der Waals surface area contributed by atoms with E-state index in [1.54, 1.807) is 0 Å². The molecule has 11 rings (SSSR count). The quantitative estimate of drug-likeness (QED) is 0.188. The van der Waals surface area contributed by atoms with Gasteiger partial charge < -0.3 is 8.98 Å². The van der Waals surface area contributed by atoms with Crippen molar-refractivity contribution < 1.29 is 4.42 Å². The Morgan fingerprint density at radius 1 is 0.435 bits per heavy atom. The SMILES string of the molecule is c1ccc2c(c1)oc1cccc(-c3ccc4sc5c(ccc6c5sc5cccc(-n7c8ccccc8c8ccccc87)c56)c4c3)c12. The molecule has 0 saturated carbocycles. The summed E-state index contributed by atoms with van der Waals surface area (Å²) in [4.78, 5) is 0. The first kappa shape index (κ1) is 24.8. The van der Waals surface area contributed by atoms with Gasteiger partial charge in [0.2, 0.25) is 0 Å². The Balaban J connectivity index is 1.17. The number of hydrogen-bond acceptors (Lipinski definition) is 3. The molecule has 46 heavy (non-hydrogen) atoms. The highest BCUT2D eigenvalue weighted by atomic mass is 32.1. The fourth-order valence-electron chi connectivity index (χ4n) is 7.65. The molecule has 0 radical (unpaired) electrons. The summed E-state index contributed by atoms with van der Waals surface area (Å²) in [6.07, 6.45) is 0. The molecular formula is C42H23NOS2. The number of fused-ring (bicyclic) bond motifs is 13. The highest BCUT2D eigenvalue weighted by Crippen LogP contribution is 2.48. The van der Waals surface area contributed by atoms with Gasteiger partial charge in [0.15, 0.2) is 0 Å². The summed E-state index contributed by atoms with van der Waals surface area (Å²) in [5, 5.41) is 10.2. The normalized spacial score (nSPS) is 12.3. The van der Waals surface area contributed by atoms with E-state index >= 15 is 0 Å². The third kappa shape index (κ3) is 3.24. The van der Waals surface area contributed by atoms with Gasteiger partial charge in [0.05, 0.1) is 26.1 Å². The summed E-state index contributed by atoms with van der Waals surface area (Å²) in [6.45, 7) is 0. The number of hydrogen-bond donors (Lipinski definition) is 0. The van der Waals surface area contributed by atoms with E-state index in [-0.39, 0.29) is 0 Å². The molecule has 0 fully saturated rings. The smallest absolute Gasteiger partial charge is 0.136 e. The molecule has 4 aromatic heterocycles. The summed E-state index contributed by atoms with van der Waals surface area (Å²) < 4.78 is 14.0. The minimum Gasteiger partial charge on any atom is -0.456 e. The number of para-hydroxylation sites is 3. The van der Waals surface area contributed by atoms with Crippen LogP contribution in [0, 0.1) is 0 Å². The molecule has 0 aliphatic rings. The van der Waals surface area contributed by atoms with Crippen LogP contribution in [0.3, 0.4) is 0 Å². The molecule has 0 spiro atoms. The van der Waals surface area contributed by atoms with Gasteiger partial charge in [0.25, 0.3) is 0 Å². The monoisotopic (exact) mass is 621 g/mol. The van der Waals surface area contributed by atoms with Crippen molar-refractivity contribution in [1.29, 1.82) is 0 Å². The van der Waals surface area contributed by atoms with E-state index in [0.29, 0.717) is 0 Å². The average Bonchev–Trinajstić information content (AvgIpc) is 3.86. The minimum absolute atomic E-state index is 0.930. The maximum atomic E-state index is 6.22. The zero-order chi connectivity index (χ0) is 29.9. The highest BCUT2D eigenvalue weighted by Gasteiger charge is 2.19. The maximum Gasteiger partial charge on any atom is 0.136 e. The zero-order valence-corrected chi connectivity index (χ0v) is 26.1. The summed E-state index contributed by atoms with van der Waals surface area (Å²) in [7, 11) is 0. The lowest BCUT2D eigenvalue weighted by Gasteiger charge is -2.10. The molecule has 0 saturated heterocycles. The predicted octanol–water partition coefficient (Wildman–Crippen LogP) is 13.1. The first-order valence-corrected chi connectivity index (χ1v) is 17.1. The van der Waals surface area contributed by atoms with Crippen LogP contribution in [0.5, 0.6) is 0 Å².